The van der Waals surface area contributed by atoms with Gasteiger partial charge in [-0.05, 0) is 44.0 Å². The molecule has 96 valence electrons. The summed E-state index contributed by atoms with van der Waals surface area (Å²) in [4.78, 5) is 0. The fourth-order valence-corrected chi connectivity index (χ4v) is 1.85. The Labute approximate surface area is 103 Å². The number of hydrogen-bond acceptors (Lipinski definition) is 2. The van der Waals surface area contributed by atoms with Crippen molar-refractivity contribution in [3.05, 3.63) is 35.6 Å². The van der Waals surface area contributed by atoms with Crippen molar-refractivity contribution in [2.45, 2.75) is 38.8 Å². The predicted octanol–water partition coefficient (Wildman–Crippen LogP) is 3.29. The van der Waals surface area contributed by atoms with Crippen molar-refractivity contribution in [2.24, 2.45) is 0 Å². The van der Waals surface area contributed by atoms with E-state index in [0.29, 0.717) is 0 Å². The normalized spacial score (nSPS) is 14.6. The van der Waals surface area contributed by atoms with Crippen molar-refractivity contribution in [3.8, 4) is 0 Å². The van der Waals surface area contributed by atoms with E-state index in [0.717, 1.165) is 24.9 Å². The van der Waals surface area contributed by atoms with Gasteiger partial charge in [-0.25, -0.2) is 4.39 Å². The molecule has 1 N–H and O–H groups in total. The van der Waals surface area contributed by atoms with Gasteiger partial charge >= 0.3 is 0 Å². The quantitative estimate of drug-likeness (QED) is 0.788. The van der Waals surface area contributed by atoms with Crippen LogP contribution in [0.1, 0.15) is 38.3 Å². The zero-order valence-electron chi connectivity index (χ0n) is 10.9. The summed E-state index contributed by atoms with van der Waals surface area (Å²) in [5.41, 5.74) is 1.14. The van der Waals surface area contributed by atoms with Crippen LogP contribution in [0.3, 0.4) is 0 Å². The Kier molecular flexibility index (Phi) is 6.16. The van der Waals surface area contributed by atoms with Crippen molar-refractivity contribution in [1.29, 1.82) is 0 Å². The Morgan fingerprint density at radius 2 is 1.88 bits per heavy atom. The first kappa shape index (κ1) is 14.1. The number of benzene rings is 1. The van der Waals surface area contributed by atoms with Crippen LogP contribution in [-0.2, 0) is 4.74 Å². The number of ether oxygens (including phenoxy) is 1. The molecule has 2 nitrogen and oxygen atoms in total. The Balaban J connectivity index is 2.61. The van der Waals surface area contributed by atoms with Crippen LogP contribution in [0.5, 0.6) is 0 Å². The first-order chi connectivity index (χ1) is 8.17. The molecule has 0 saturated carbocycles. The standard InChI is InChI=1S/C14H22FNO/c1-4-16-14(10-5-11(2)17-3)12-6-8-13(15)9-7-12/h6-9,11,14,16H,4-5,10H2,1-3H3. The summed E-state index contributed by atoms with van der Waals surface area (Å²) < 4.78 is 18.1. The Morgan fingerprint density at radius 3 is 2.41 bits per heavy atom. The minimum Gasteiger partial charge on any atom is -0.382 e. The highest BCUT2D eigenvalue weighted by Crippen LogP contribution is 2.20. The average Bonchev–Trinajstić information content (AvgIpc) is 2.35. The highest BCUT2D eigenvalue weighted by Gasteiger charge is 2.11. The van der Waals surface area contributed by atoms with Gasteiger partial charge in [0.15, 0.2) is 0 Å². The molecular weight excluding hydrogens is 217 g/mol. The number of hydrogen-bond donors (Lipinski definition) is 1. The van der Waals surface area contributed by atoms with Crippen LogP contribution < -0.4 is 5.32 Å². The Morgan fingerprint density at radius 1 is 1.24 bits per heavy atom. The van der Waals surface area contributed by atoms with Gasteiger partial charge in [-0.3, -0.25) is 0 Å². The van der Waals surface area contributed by atoms with Crippen LogP contribution in [-0.4, -0.2) is 19.8 Å². The largest absolute Gasteiger partial charge is 0.382 e. The predicted molar refractivity (Wildman–Crippen MR) is 68.5 cm³/mol. The molecule has 0 fully saturated rings. The molecule has 0 aliphatic heterocycles. The monoisotopic (exact) mass is 239 g/mol. The van der Waals surface area contributed by atoms with Crippen molar-refractivity contribution in [2.75, 3.05) is 13.7 Å². The first-order valence-corrected chi connectivity index (χ1v) is 6.19. The maximum Gasteiger partial charge on any atom is 0.123 e. The molecule has 1 aromatic carbocycles. The van der Waals surface area contributed by atoms with E-state index >= 15 is 0 Å². The molecule has 1 rings (SSSR count). The lowest BCUT2D eigenvalue weighted by molar-refractivity contribution is 0.106. The van der Waals surface area contributed by atoms with E-state index < -0.39 is 0 Å². The van der Waals surface area contributed by atoms with Gasteiger partial charge in [0.05, 0.1) is 6.10 Å². The summed E-state index contributed by atoms with van der Waals surface area (Å²) in [6.07, 6.45) is 2.25. The Bertz CT molecular complexity index is 313. The third kappa shape index (κ3) is 4.84. The molecule has 3 heteroatoms. The molecule has 0 heterocycles. The number of halogens is 1. The van der Waals surface area contributed by atoms with Crippen LogP contribution in [0.2, 0.25) is 0 Å². The number of rotatable bonds is 7. The molecule has 0 amide bonds. The summed E-state index contributed by atoms with van der Waals surface area (Å²) in [5, 5.41) is 3.42. The highest BCUT2D eigenvalue weighted by atomic mass is 19.1. The number of methoxy groups -OCH3 is 1. The van der Waals surface area contributed by atoms with Gasteiger partial charge in [0.2, 0.25) is 0 Å². The van der Waals surface area contributed by atoms with Gasteiger partial charge in [0, 0.05) is 13.2 Å². The second kappa shape index (κ2) is 7.41. The molecule has 0 spiro atoms. The summed E-state index contributed by atoms with van der Waals surface area (Å²) in [6, 6.07) is 7.00. The minimum atomic E-state index is -0.186. The fourth-order valence-electron chi connectivity index (χ4n) is 1.85. The van der Waals surface area contributed by atoms with Crippen LogP contribution in [0, 0.1) is 5.82 Å². The molecule has 2 atom stereocenters. The fraction of sp³-hybridized carbons (Fsp3) is 0.571. The molecule has 0 aromatic heterocycles. The lowest BCUT2D eigenvalue weighted by Crippen LogP contribution is -2.22. The van der Waals surface area contributed by atoms with Gasteiger partial charge in [-0.15, -0.1) is 0 Å². The zero-order valence-corrected chi connectivity index (χ0v) is 10.9. The molecule has 0 aliphatic rings. The molecule has 17 heavy (non-hydrogen) atoms. The first-order valence-electron chi connectivity index (χ1n) is 6.19. The Hall–Kier alpha value is -0.930. The highest BCUT2D eigenvalue weighted by molar-refractivity contribution is 5.19. The summed E-state index contributed by atoms with van der Waals surface area (Å²) >= 11 is 0. The summed E-state index contributed by atoms with van der Waals surface area (Å²) in [7, 11) is 1.73. The van der Waals surface area contributed by atoms with Crippen molar-refractivity contribution in [1.82, 2.24) is 5.32 Å². The van der Waals surface area contributed by atoms with Crippen LogP contribution in [0.4, 0.5) is 4.39 Å². The smallest absolute Gasteiger partial charge is 0.123 e. The molecule has 0 saturated heterocycles. The van der Waals surface area contributed by atoms with E-state index in [-0.39, 0.29) is 18.0 Å². The van der Waals surface area contributed by atoms with Gasteiger partial charge in [0.25, 0.3) is 0 Å². The second-order valence-corrected chi connectivity index (χ2v) is 4.29. The van der Waals surface area contributed by atoms with Crippen LogP contribution in [0.25, 0.3) is 0 Å². The topological polar surface area (TPSA) is 21.3 Å². The van der Waals surface area contributed by atoms with Crippen LogP contribution in [0.15, 0.2) is 24.3 Å². The minimum absolute atomic E-state index is 0.186. The summed E-state index contributed by atoms with van der Waals surface area (Å²) in [5.74, 6) is -0.186. The molecule has 0 radical (unpaired) electrons. The van der Waals surface area contributed by atoms with E-state index in [9.17, 15) is 4.39 Å². The van der Waals surface area contributed by atoms with E-state index in [2.05, 4.69) is 19.2 Å². The van der Waals surface area contributed by atoms with E-state index in [4.69, 9.17) is 4.74 Å². The third-order valence-corrected chi connectivity index (χ3v) is 2.99. The van der Waals surface area contributed by atoms with E-state index in [1.807, 2.05) is 12.1 Å². The van der Waals surface area contributed by atoms with Gasteiger partial charge in [-0.1, -0.05) is 19.1 Å². The average molecular weight is 239 g/mol. The van der Waals surface area contributed by atoms with Gasteiger partial charge < -0.3 is 10.1 Å². The molecule has 1 aromatic rings. The lowest BCUT2D eigenvalue weighted by atomic mass is 10.0. The number of nitrogens with one attached hydrogen (secondary N) is 1. The SMILES string of the molecule is CCNC(CCC(C)OC)c1ccc(F)cc1. The van der Waals surface area contributed by atoms with Crippen molar-refractivity contribution >= 4 is 0 Å². The maximum absolute atomic E-state index is 12.9. The zero-order chi connectivity index (χ0) is 12.7. The second-order valence-electron chi connectivity index (χ2n) is 4.29. The molecule has 0 bridgehead atoms. The van der Waals surface area contributed by atoms with Crippen LogP contribution >= 0.6 is 0 Å². The molecule has 2 unspecified atom stereocenters. The van der Waals surface area contributed by atoms with Gasteiger partial charge in [-0.2, -0.15) is 0 Å². The third-order valence-electron chi connectivity index (χ3n) is 2.99. The van der Waals surface area contributed by atoms with Crippen molar-refractivity contribution < 1.29 is 9.13 Å². The van der Waals surface area contributed by atoms with Gasteiger partial charge in [0.1, 0.15) is 5.82 Å². The van der Waals surface area contributed by atoms with E-state index in [1.165, 1.54) is 12.1 Å². The van der Waals surface area contributed by atoms with Crippen molar-refractivity contribution in [3.63, 3.8) is 0 Å². The molecule has 0 aliphatic carbocycles. The maximum atomic E-state index is 12.9. The van der Waals surface area contributed by atoms with E-state index in [1.54, 1.807) is 7.11 Å². The lowest BCUT2D eigenvalue weighted by Gasteiger charge is -2.20. The molecular formula is C14H22FNO. The summed E-state index contributed by atoms with van der Waals surface area (Å²) in [6.45, 7) is 5.05.